The number of hydrogen-bond donors (Lipinski definition) is 1. The first-order valence-electron chi connectivity index (χ1n) is 7.20. The molecule has 2 aromatic carbocycles. The van der Waals surface area contributed by atoms with Crippen LogP contribution >= 0.6 is 15.9 Å². The molecule has 0 unspecified atom stereocenters. The molecule has 0 spiro atoms. The van der Waals surface area contributed by atoms with Crippen LogP contribution in [0.15, 0.2) is 51.5 Å². The number of carbonyl (C=O) groups is 2. The van der Waals surface area contributed by atoms with Gasteiger partial charge in [0.15, 0.2) is 5.78 Å². The summed E-state index contributed by atoms with van der Waals surface area (Å²) >= 11 is 3.25. The van der Waals surface area contributed by atoms with Crippen LogP contribution in [0.5, 0.6) is 5.75 Å². The second-order valence-electron chi connectivity index (χ2n) is 5.50. The van der Waals surface area contributed by atoms with E-state index in [-0.39, 0.29) is 28.6 Å². The maximum Gasteiger partial charge on any atom is 0.232 e. The molecular formula is C18H10BrNO4. The van der Waals surface area contributed by atoms with Gasteiger partial charge < -0.3 is 9.63 Å². The summed E-state index contributed by atoms with van der Waals surface area (Å²) in [5, 5.41) is 13.5. The van der Waals surface area contributed by atoms with Crippen LogP contribution in [-0.4, -0.2) is 21.8 Å². The minimum atomic E-state index is -0.328. The Hall–Kier alpha value is -2.73. The van der Waals surface area contributed by atoms with Crippen molar-refractivity contribution in [1.82, 2.24) is 5.16 Å². The van der Waals surface area contributed by atoms with E-state index in [1.165, 1.54) is 0 Å². The van der Waals surface area contributed by atoms with E-state index in [2.05, 4.69) is 21.1 Å². The standard InChI is InChI=1S/C18H10BrNO4/c19-12-7-9(5-6-14(12)21)8-13-15-16(22)10-3-1-2-4-11(10)17(23)18(15)24-20-13/h1-7,21H,8H2. The fourth-order valence-electron chi connectivity index (χ4n) is 2.82. The Labute approximate surface area is 145 Å². The van der Waals surface area contributed by atoms with Gasteiger partial charge in [-0.3, -0.25) is 9.59 Å². The monoisotopic (exact) mass is 383 g/mol. The van der Waals surface area contributed by atoms with E-state index in [9.17, 15) is 14.7 Å². The lowest BCUT2D eigenvalue weighted by atomic mass is 9.86. The average molecular weight is 384 g/mol. The van der Waals surface area contributed by atoms with Crippen molar-refractivity contribution in [3.8, 4) is 5.75 Å². The van der Waals surface area contributed by atoms with Crippen LogP contribution in [0.2, 0.25) is 0 Å². The highest BCUT2D eigenvalue weighted by Gasteiger charge is 2.36. The fourth-order valence-corrected chi connectivity index (χ4v) is 3.25. The molecule has 0 atom stereocenters. The molecule has 6 heteroatoms. The van der Waals surface area contributed by atoms with Gasteiger partial charge >= 0.3 is 0 Å². The lowest BCUT2D eigenvalue weighted by Gasteiger charge is -2.12. The van der Waals surface area contributed by atoms with Gasteiger partial charge in [0, 0.05) is 17.5 Å². The number of aromatic nitrogens is 1. The molecule has 1 heterocycles. The SMILES string of the molecule is O=C1c2ccccc2C(=O)c2c(Cc3ccc(O)c(Br)c3)noc21. The van der Waals surface area contributed by atoms with Gasteiger partial charge in [0.1, 0.15) is 5.75 Å². The number of nitrogens with zero attached hydrogens (tertiary/aromatic N) is 1. The number of phenols is 1. The van der Waals surface area contributed by atoms with E-state index in [0.29, 0.717) is 27.7 Å². The minimum Gasteiger partial charge on any atom is -0.507 e. The second kappa shape index (κ2) is 5.42. The smallest absolute Gasteiger partial charge is 0.232 e. The zero-order valence-electron chi connectivity index (χ0n) is 12.2. The van der Waals surface area contributed by atoms with Gasteiger partial charge in [0.25, 0.3) is 0 Å². The summed E-state index contributed by atoms with van der Waals surface area (Å²) in [4.78, 5) is 25.2. The Balaban J connectivity index is 1.78. The molecule has 1 N–H and O–H groups in total. The predicted molar refractivity (Wildman–Crippen MR) is 88.4 cm³/mol. The maximum absolute atomic E-state index is 12.7. The van der Waals surface area contributed by atoms with Gasteiger partial charge in [-0.25, -0.2) is 0 Å². The number of halogens is 1. The van der Waals surface area contributed by atoms with E-state index in [0.717, 1.165) is 5.56 Å². The summed E-state index contributed by atoms with van der Waals surface area (Å²) in [7, 11) is 0. The zero-order valence-corrected chi connectivity index (χ0v) is 13.8. The summed E-state index contributed by atoms with van der Waals surface area (Å²) in [5.41, 5.74) is 2.17. The van der Waals surface area contributed by atoms with Gasteiger partial charge in [-0.1, -0.05) is 35.5 Å². The molecule has 0 saturated heterocycles. The number of fused-ring (bicyclic) bond motifs is 2. The summed E-state index contributed by atoms with van der Waals surface area (Å²) in [6.07, 6.45) is 0.318. The number of benzene rings is 2. The van der Waals surface area contributed by atoms with E-state index < -0.39 is 0 Å². The first-order chi connectivity index (χ1) is 11.6. The molecule has 118 valence electrons. The quantitative estimate of drug-likeness (QED) is 0.572. The van der Waals surface area contributed by atoms with Crippen molar-refractivity contribution in [2.24, 2.45) is 0 Å². The van der Waals surface area contributed by atoms with Crippen LogP contribution in [0.25, 0.3) is 0 Å². The van der Waals surface area contributed by atoms with Crippen LogP contribution in [0.3, 0.4) is 0 Å². The molecule has 0 fully saturated rings. The van der Waals surface area contributed by atoms with Crippen molar-refractivity contribution < 1.29 is 19.2 Å². The van der Waals surface area contributed by atoms with Crippen molar-refractivity contribution in [2.75, 3.05) is 0 Å². The first-order valence-corrected chi connectivity index (χ1v) is 8.00. The van der Waals surface area contributed by atoms with Gasteiger partial charge in [-0.2, -0.15) is 0 Å². The van der Waals surface area contributed by atoms with Gasteiger partial charge in [-0.05, 0) is 33.6 Å². The van der Waals surface area contributed by atoms with Gasteiger partial charge in [0.05, 0.1) is 15.7 Å². The third-order valence-corrected chi connectivity index (χ3v) is 4.63. The third-order valence-electron chi connectivity index (χ3n) is 4.00. The van der Waals surface area contributed by atoms with Crippen LogP contribution in [-0.2, 0) is 6.42 Å². The van der Waals surface area contributed by atoms with E-state index in [1.54, 1.807) is 42.5 Å². The van der Waals surface area contributed by atoms with E-state index in [4.69, 9.17) is 4.52 Å². The molecule has 24 heavy (non-hydrogen) atoms. The number of carbonyl (C=O) groups excluding carboxylic acids is 2. The van der Waals surface area contributed by atoms with Crippen LogP contribution < -0.4 is 0 Å². The van der Waals surface area contributed by atoms with Crippen molar-refractivity contribution in [3.05, 3.63) is 80.6 Å². The van der Waals surface area contributed by atoms with E-state index in [1.807, 2.05) is 0 Å². The molecule has 0 aliphatic heterocycles. The Kier molecular flexibility index (Phi) is 3.35. The number of rotatable bonds is 2. The summed E-state index contributed by atoms with van der Waals surface area (Å²) in [5.74, 6) is -0.465. The second-order valence-corrected chi connectivity index (χ2v) is 6.35. The molecule has 5 nitrogen and oxygen atoms in total. The summed E-state index contributed by atoms with van der Waals surface area (Å²) in [6, 6.07) is 11.7. The Morgan fingerprint density at radius 1 is 1.04 bits per heavy atom. The normalized spacial score (nSPS) is 12.9. The topological polar surface area (TPSA) is 80.4 Å². The molecule has 0 amide bonds. The van der Waals surface area contributed by atoms with Crippen LogP contribution in [0.4, 0.5) is 0 Å². The predicted octanol–water partition coefficient (Wildman–Crippen LogP) is 3.51. The summed E-state index contributed by atoms with van der Waals surface area (Å²) < 4.78 is 5.72. The van der Waals surface area contributed by atoms with Crippen molar-refractivity contribution in [3.63, 3.8) is 0 Å². The number of phenolic OH excluding ortho intramolecular Hbond substituents is 1. The molecule has 1 aliphatic carbocycles. The fraction of sp³-hybridized carbons (Fsp3) is 0.0556. The molecule has 3 aromatic rings. The van der Waals surface area contributed by atoms with E-state index >= 15 is 0 Å². The molecule has 4 rings (SSSR count). The molecular weight excluding hydrogens is 374 g/mol. The highest BCUT2D eigenvalue weighted by molar-refractivity contribution is 9.10. The minimum absolute atomic E-state index is 0.00783. The van der Waals surface area contributed by atoms with Crippen molar-refractivity contribution in [1.29, 1.82) is 0 Å². The average Bonchev–Trinajstić information content (AvgIpc) is 3.00. The zero-order chi connectivity index (χ0) is 16.8. The molecule has 0 saturated carbocycles. The summed E-state index contributed by atoms with van der Waals surface area (Å²) in [6.45, 7) is 0. The largest absolute Gasteiger partial charge is 0.507 e. The highest BCUT2D eigenvalue weighted by atomic mass is 79.9. The van der Waals surface area contributed by atoms with Gasteiger partial charge in [0.2, 0.25) is 11.5 Å². The Morgan fingerprint density at radius 3 is 2.46 bits per heavy atom. The van der Waals surface area contributed by atoms with Crippen molar-refractivity contribution in [2.45, 2.75) is 6.42 Å². The first kappa shape index (κ1) is 14.8. The molecule has 0 bridgehead atoms. The molecule has 1 aromatic heterocycles. The third kappa shape index (κ3) is 2.18. The Bertz CT molecular complexity index is 1010. The molecule has 1 aliphatic rings. The van der Waals surface area contributed by atoms with Gasteiger partial charge in [-0.15, -0.1) is 0 Å². The highest BCUT2D eigenvalue weighted by Crippen LogP contribution is 2.31. The number of ketones is 2. The van der Waals surface area contributed by atoms with Crippen molar-refractivity contribution >= 4 is 27.5 Å². The number of aromatic hydroxyl groups is 1. The maximum atomic E-state index is 12.7. The Morgan fingerprint density at radius 2 is 1.75 bits per heavy atom. The molecule has 0 radical (unpaired) electrons. The lowest BCUT2D eigenvalue weighted by molar-refractivity contribution is 0.0955. The number of hydrogen-bond acceptors (Lipinski definition) is 5. The van der Waals surface area contributed by atoms with Crippen LogP contribution in [0.1, 0.15) is 43.3 Å². The lowest BCUT2D eigenvalue weighted by Crippen LogP contribution is -2.20. The van der Waals surface area contributed by atoms with Crippen LogP contribution in [0, 0.1) is 0 Å².